The maximum atomic E-state index is 12.2. The van der Waals surface area contributed by atoms with E-state index < -0.39 is 9.84 Å². The van der Waals surface area contributed by atoms with Crippen molar-refractivity contribution in [1.29, 1.82) is 0 Å². The molecule has 0 saturated carbocycles. The van der Waals surface area contributed by atoms with Crippen LogP contribution in [0, 0.1) is 5.41 Å². The van der Waals surface area contributed by atoms with Gasteiger partial charge in [-0.1, -0.05) is 49.4 Å². The highest BCUT2D eigenvalue weighted by molar-refractivity contribution is 7.91. The van der Waals surface area contributed by atoms with Gasteiger partial charge in [0.05, 0.1) is 11.5 Å². The molecule has 18 heavy (non-hydrogen) atoms. The maximum Gasteiger partial charge on any atom is 0.151 e. The molecule has 1 fully saturated rings. The normalized spacial score (nSPS) is 37.4. The highest BCUT2D eigenvalue weighted by atomic mass is 32.2. The highest BCUT2D eigenvalue weighted by Crippen LogP contribution is 2.55. The van der Waals surface area contributed by atoms with Crippen molar-refractivity contribution in [3.8, 4) is 0 Å². The lowest BCUT2D eigenvalue weighted by atomic mass is 9.58. The molecular weight excluding hydrogens is 244 g/mol. The third kappa shape index (κ3) is 1.57. The first-order valence-corrected chi connectivity index (χ1v) is 8.21. The molecule has 0 amide bonds. The number of benzene rings is 1. The molecule has 1 heterocycles. The summed E-state index contributed by atoms with van der Waals surface area (Å²) < 4.78 is 24.3. The van der Waals surface area contributed by atoms with Gasteiger partial charge in [0.1, 0.15) is 0 Å². The van der Waals surface area contributed by atoms with Gasteiger partial charge >= 0.3 is 0 Å². The van der Waals surface area contributed by atoms with Crippen molar-refractivity contribution in [1.82, 2.24) is 0 Å². The monoisotopic (exact) mass is 262 g/mol. The van der Waals surface area contributed by atoms with Gasteiger partial charge in [-0.25, -0.2) is 8.42 Å². The minimum Gasteiger partial charge on any atom is -0.229 e. The predicted octanol–water partition coefficient (Wildman–Crippen LogP) is 2.71. The van der Waals surface area contributed by atoms with E-state index in [4.69, 9.17) is 0 Å². The second-order valence-corrected chi connectivity index (χ2v) is 7.99. The first-order chi connectivity index (χ1) is 8.48. The van der Waals surface area contributed by atoms with Crippen molar-refractivity contribution >= 4 is 9.84 Å². The van der Waals surface area contributed by atoms with Crippen molar-refractivity contribution in [2.24, 2.45) is 5.41 Å². The van der Waals surface area contributed by atoms with E-state index in [1.807, 2.05) is 18.2 Å². The van der Waals surface area contributed by atoms with Crippen molar-refractivity contribution in [2.75, 3.05) is 11.5 Å². The zero-order valence-corrected chi connectivity index (χ0v) is 11.4. The molecular formula is C15H18O2S. The summed E-state index contributed by atoms with van der Waals surface area (Å²) in [4.78, 5) is 0. The van der Waals surface area contributed by atoms with E-state index in [1.54, 1.807) is 0 Å². The van der Waals surface area contributed by atoms with Gasteiger partial charge in [-0.15, -0.1) is 0 Å². The molecule has 2 nitrogen and oxygen atoms in total. The molecule has 0 unspecified atom stereocenters. The van der Waals surface area contributed by atoms with Gasteiger partial charge in [-0.2, -0.15) is 0 Å². The first-order valence-electron chi connectivity index (χ1n) is 6.39. The highest BCUT2D eigenvalue weighted by Gasteiger charge is 2.58. The Balaban J connectivity index is 2.20. The Hall–Kier alpha value is -1.09. The Morgan fingerprint density at radius 2 is 1.67 bits per heavy atom. The van der Waals surface area contributed by atoms with Crippen LogP contribution >= 0.6 is 0 Å². The van der Waals surface area contributed by atoms with Crippen LogP contribution < -0.4 is 0 Å². The van der Waals surface area contributed by atoms with E-state index in [9.17, 15) is 8.42 Å². The molecule has 0 aromatic heterocycles. The summed E-state index contributed by atoms with van der Waals surface area (Å²) in [5, 5.41) is 0. The number of rotatable bonds is 1. The Morgan fingerprint density at radius 1 is 1.00 bits per heavy atom. The Labute approximate surface area is 109 Å². The molecule has 2 aliphatic rings. The van der Waals surface area contributed by atoms with Gasteiger partial charge < -0.3 is 0 Å². The zero-order valence-electron chi connectivity index (χ0n) is 10.6. The molecule has 1 aliphatic carbocycles. The second-order valence-electron chi connectivity index (χ2n) is 5.92. The van der Waals surface area contributed by atoms with Crippen LogP contribution in [0.25, 0.3) is 0 Å². The van der Waals surface area contributed by atoms with Crippen LogP contribution in [0.5, 0.6) is 0 Å². The summed E-state index contributed by atoms with van der Waals surface area (Å²) in [6, 6.07) is 10.2. The molecule has 0 radical (unpaired) electrons. The molecule has 3 rings (SSSR count). The van der Waals surface area contributed by atoms with E-state index in [1.165, 1.54) is 5.56 Å². The minimum atomic E-state index is -2.93. The largest absolute Gasteiger partial charge is 0.229 e. The molecule has 1 saturated heterocycles. The second kappa shape index (κ2) is 3.70. The summed E-state index contributed by atoms with van der Waals surface area (Å²) in [5.74, 6) is 0.615. The topological polar surface area (TPSA) is 34.1 Å². The van der Waals surface area contributed by atoms with E-state index in [0.717, 1.165) is 12.8 Å². The standard InChI is InChI=1S/C15H18O2S/c1-14-9-5-6-10-15(14,12-18(16,17)11-14)13-7-3-2-4-8-13/h2-8H,9-12H2,1H3/t14-,15+/m0/s1. The fraction of sp³-hybridized carbons (Fsp3) is 0.467. The van der Waals surface area contributed by atoms with E-state index in [2.05, 4.69) is 31.2 Å². The Kier molecular flexibility index (Phi) is 2.46. The van der Waals surface area contributed by atoms with E-state index in [-0.39, 0.29) is 10.8 Å². The van der Waals surface area contributed by atoms with Gasteiger partial charge in [0.2, 0.25) is 0 Å². The van der Waals surface area contributed by atoms with Crippen molar-refractivity contribution in [3.63, 3.8) is 0 Å². The molecule has 2 atom stereocenters. The average Bonchev–Trinajstić information content (AvgIpc) is 2.56. The van der Waals surface area contributed by atoms with Gasteiger partial charge in [-0.05, 0) is 23.8 Å². The van der Waals surface area contributed by atoms with Crippen molar-refractivity contribution in [3.05, 3.63) is 48.0 Å². The number of hydrogen-bond acceptors (Lipinski definition) is 2. The Morgan fingerprint density at radius 3 is 2.39 bits per heavy atom. The van der Waals surface area contributed by atoms with Gasteiger partial charge in [-0.3, -0.25) is 0 Å². The van der Waals surface area contributed by atoms with Gasteiger partial charge in [0.25, 0.3) is 0 Å². The number of allylic oxidation sites excluding steroid dienone is 2. The summed E-state index contributed by atoms with van der Waals surface area (Å²) in [5.41, 5.74) is 0.807. The van der Waals surface area contributed by atoms with E-state index >= 15 is 0 Å². The SMILES string of the molecule is C[C@@]12CC=CC[C@]1(c1ccccc1)CS(=O)(=O)C2. The zero-order chi connectivity index (χ0) is 12.9. The lowest BCUT2D eigenvalue weighted by Crippen LogP contribution is -2.43. The van der Waals surface area contributed by atoms with Crippen LogP contribution in [-0.4, -0.2) is 19.9 Å². The van der Waals surface area contributed by atoms with Crippen LogP contribution in [0.3, 0.4) is 0 Å². The van der Waals surface area contributed by atoms with Crippen LogP contribution in [0.15, 0.2) is 42.5 Å². The van der Waals surface area contributed by atoms with Gasteiger partial charge in [0, 0.05) is 5.41 Å². The lowest BCUT2D eigenvalue weighted by Gasteiger charge is -2.44. The number of fused-ring (bicyclic) bond motifs is 1. The summed E-state index contributed by atoms with van der Waals surface area (Å²) >= 11 is 0. The number of hydrogen-bond donors (Lipinski definition) is 0. The molecule has 1 aliphatic heterocycles. The first kappa shape index (κ1) is 12.0. The van der Waals surface area contributed by atoms with Crippen molar-refractivity contribution < 1.29 is 8.42 Å². The predicted molar refractivity (Wildman–Crippen MR) is 73.3 cm³/mol. The van der Waals surface area contributed by atoms with Crippen LogP contribution in [0.2, 0.25) is 0 Å². The molecule has 0 spiro atoms. The lowest BCUT2D eigenvalue weighted by molar-refractivity contribution is 0.197. The maximum absolute atomic E-state index is 12.2. The summed E-state index contributed by atoms with van der Waals surface area (Å²) in [6.45, 7) is 2.13. The summed E-state index contributed by atoms with van der Waals surface area (Å²) in [7, 11) is -2.93. The molecule has 1 aromatic carbocycles. The third-order valence-electron chi connectivity index (χ3n) is 4.69. The molecule has 96 valence electrons. The minimum absolute atomic E-state index is 0.151. The molecule has 3 heteroatoms. The van der Waals surface area contributed by atoms with Crippen LogP contribution in [-0.2, 0) is 15.3 Å². The third-order valence-corrected chi connectivity index (χ3v) is 6.70. The fourth-order valence-corrected chi connectivity index (χ4v) is 6.57. The van der Waals surface area contributed by atoms with E-state index in [0.29, 0.717) is 11.5 Å². The van der Waals surface area contributed by atoms with Gasteiger partial charge in [0.15, 0.2) is 9.84 Å². The molecule has 1 aromatic rings. The van der Waals surface area contributed by atoms with Crippen LogP contribution in [0.1, 0.15) is 25.3 Å². The smallest absolute Gasteiger partial charge is 0.151 e. The molecule has 0 N–H and O–H groups in total. The quantitative estimate of drug-likeness (QED) is 0.729. The van der Waals surface area contributed by atoms with Crippen LogP contribution in [0.4, 0.5) is 0 Å². The Bertz CT molecular complexity index is 588. The number of sulfone groups is 1. The average molecular weight is 262 g/mol. The fourth-order valence-electron chi connectivity index (χ4n) is 3.72. The van der Waals surface area contributed by atoms with Crippen molar-refractivity contribution in [2.45, 2.75) is 25.2 Å². The summed E-state index contributed by atoms with van der Waals surface area (Å²) in [6.07, 6.45) is 5.99. The molecule has 0 bridgehead atoms.